The minimum atomic E-state index is -0.357. The van der Waals surface area contributed by atoms with Crippen molar-refractivity contribution < 1.29 is 4.74 Å². The molecule has 1 unspecified atom stereocenters. The Bertz CT molecular complexity index is 368. The van der Waals surface area contributed by atoms with Gasteiger partial charge in [-0.1, -0.05) is 13.0 Å². The van der Waals surface area contributed by atoms with E-state index in [-0.39, 0.29) is 5.54 Å². The van der Waals surface area contributed by atoms with Gasteiger partial charge in [0.2, 0.25) is 5.88 Å². The first-order chi connectivity index (χ1) is 7.07. The van der Waals surface area contributed by atoms with Gasteiger partial charge < -0.3 is 10.5 Å². The number of pyridine rings is 1. The second-order valence-electron chi connectivity index (χ2n) is 3.77. The van der Waals surface area contributed by atoms with E-state index >= 15 is 0 Å². The van der Waals surface area contributed by atoms with Crippen LogP contribution >= 0.6 is 0 Å². The highest BCUT2D eigenvalue weighted by Gasteiger charge is 2.16. The van der Waals surface area contributed by atoms with Gasteiger partial charge in [0.1, 0.15) is 18.4 Å². The van der Waals surface area contributed by atoms with Crippen LogP contribution < -0.4 is 10.5 Å². The van der Waals surface area contributed by atoms with Crippen molar-refractivity contribution in [3.05, 3.63) is 23.9 Å². The van der Waals surface area contributed by atoms with Crippen LogP contribution in [0.1, 0.15) is 26.0 Å². The largest absolute Gasteiger partial charge is 0.476 e. The van der Waals surface area contributed by atoms with Crippen LogP contribution in [0.15, 0.2) is 18.2 Å². The van der Waals surface area contributed by atoms with E-state index in [4.69, 9.17) is 15.7 Å². The normalized spacial score (nSPS) is 14.0. The number of hydrogen-bond donors (Lipinski definition) is 1. The standard InChI is InChI=1S/C11H15N3O/c1-3-11(2,13)8-15-10-6-4-5-9(7-12)14-10/h4-6H,3,8,13H2,1-2H3. The van der Waals surface area contributed by atoms with Gasteiger partial charge in [-0.2, -0.15) is 5.26 Å². The van der Waals surface area contributed by atoms with Crippen molar-refractivity contribution >= 4 is 0 Å². The number of nitriles is 1. The van der Waals surface area contributed by atoms with Crippen LogP contribution in [0.4, 0.5) is 0 Å². The molecule has 1 heterocycles. The number of ether oxygens (including phenoxy) is 1. The third-order valence-corrected chi connectivity index (χ3v) is 2.20. The van der Waals surface area contributed by atoms with Crippen LogP contribution in [0.2, 0.25) is 0 Å². The summed E-state index contributed by atoms with van der Waals surface area (Å²) in [4.78, 5) is 3.99. The summed E-state index contributed by atoms with van der Waals surface area (Å²) in [5.74, 6) is 0.444. The fourth-order valence-electron chi connectivity index (χ4n) is 0.898. The van der Waals surface area contributed by atoms with Gasteiger partial charge in [-0.05, 0) is 19.4 Å². The molecule has 15 heavy (non-hydrogen) atoms. The van der Waals surface area contributed by atoms with Crippen molar-refractivity contribution in [3.63, 3.8) is 0 Å². The van der Waals surface area contributed by atoms with E-state index in [1.807, 2.05) is 19.9 Å². The molecule has 1 atom stereocenters. The lowest BCUT2D eigenvalue weighted by Crippen LogP contribution is -2.41. The molecule has 4 heteroatoms. The maximum Gasteiger partial charge on any atom is 0.214 e. The van der Waals surface area contributed by atoms with Gasteiger partial charge in [-0.25, -0.2) is 4.98 Å². The summed E-state index contributed by atoms with van der Waals surface area (Å²) in [6.07, 6.45) is 0.824. The molecule has 0 saturated heterocycles. The van der Waals surface area contributed by atoms with Gasteiger partial charge in [0, 0.05) is 11.6 Å². The van der Waals surface area contributed by atoms with Crippen LogP contribution in [0.3, 0.4) is 0 Å². The summed E-state index contributed by atoms with van der Waals surface area (Å²) in [6, 6.07) is 7.04. The number of nitrogens with zero attached hydrogens (tertiary/aromatic N) is 2. The maximum absolute atomic E-state index is 8.64. The Morgan fingerprint density at radius 2 is 2.33 bits per heavy atom. The fraction of sp³-hybridized carbons (Fsp3) is 0.455. The van der Waals surface area contributed by atoms with Gasteiger partial charge in [0.15, 0.2) is 0 Å². The molecule has 80 valence electrons. The molecule has 0 aliphatic carbocycles. The lowest BCUT2D eigenvalue weighted by atomic mass is 10.0. The van der Waals surface area contributed by atoms with Gasteiger partial charge in [-0.15, -0.1) is 0 Å². The average Bonchev–Trinajstić information content (AvgIpc) is 2.27. The van der Waals surface area contributed by atoms with Crippen molar-refractivity contribution in [1.82, 2.24) is 4.98 Å². The zero-order chi connectivity index (χ0) is 11.3. The van der Waals surface area contributed by atoms with Crippen LogP contribution in [-0.4, -0.2) is 17.1 Å². The van der Waals surface area contributed by atoms with Gasteiger partial charge >= 0.3 is 0 Å². The molecule has 4 nitrogen and oxygen atoms in total. The van der Waals surface area contributed by atoms with Crippen molar-refractivity contribution in [3.8, 4) is 11.9 Å². The molecule has 0 aliphatic heterocycles. The monoisotopic (exact) mass is 205 g/mol. The first-order valence-electron chi connectivity index (χ1n) is 4.86. The third kappa shape index (κ3) is 3.56. The molecule has 0 saturated carbocycles. The highest BCUT2D eigenvalue weighted by Crippen LogP contribution is 2.11. The van der Waals surface area contributed by atoms with E-state index in [0.29, 0.717) is 18.2 Å². The lowest BCUT2D eigenvalue weighted by Gasteiger charge is -2.22. The Hall–Kier alpha value is -1.60. The first-order valence-corrected chi connectivity index (χ1v) is 4.86. The van der Waals surface area contributed by atoms with Gasteiger partial charge in [0.05, 0.1) is 0 Å². The maximum atomic E-state index is 8.64. The van der Waals surface area contributed by atoms with E-state index in [2.05, 4.69) is 4.98 Å². The smallest absolute Gasteiger partial charge is 0.214 e. The Labute approximate surface area is 89.7 Å². The molecule has 0 radical (unpaired) electrons. The summed E-state index contributed by atoms with van der Waals surface area (Å²) in [5.41, 5.74) is 5.91. The minimum absolute atomic E-state index is 0.350. The fourth-order valence-corrected chi connectivity index (χ4v) is 0.898. The van der Waals surface area contributed by atoms with Crippen molar-refractivity contribution in [2.24, 2.45) is 5.73 Å². The zero-order valence-corrected chi connectivity index (χ0v) is 9.03. The SMILES string of the molecule is CCC(C)(N)COc1cccc(C#N)n1. The van der Waals surface area contributed by atoms with Crippen molar-refractivity contribution in [2.75, 3.05) is 6.61 Å². The molecule has 2 N–H and O–H groups in total. The minimum Gasteiger partial charge on any atom is -0.476 e. The molecule has 0 spiro atoms. The molecule has 0 aromatic carbocycles. The molecule has 0 bridgehead atoms. The molecule has 0 fully saturated rings. The van der Waals surface area contributed by atoms with E-state index < -0.39 is 0 Å². The van der Waals surface area contributed by atoms with E-state index in [1.54, 1.807) is 18.2 Å². The summed E-state index contributed by atoms with van der Waals surface area (Å²) in [6.45, 7) is 4.31. The van der Waals surface area contributed by atoms with Crippen molar-refractivity contribution in [2.45, 2.75) is 25.8 Å². The number of rotatable bonds is 4. The third-order valence-electron chi connectivity index (χ3n) is 2.20. The predicted molar refractivity (Wildman–Crippen MR) is 57.3 cm³/mol. The number of nitrogens with two attached hydrogens (primary N) is 1. The van der Waals surface area contributed by atoms with Crippen LogP contribution in [0, 0.1) is 11.3 Å². The molecule has 1 aromatic heterocycles. The lowest BCUT2D eigenvalue weighted by molar-refractivity contribution is 0.218. The molecule has 0 aliphatic rings. The highest BCUT2D eigenvalue weighted by atomic mass is 16.5. The molecular weight excluding hydrogens is 190 g/mol. The van der Waals surface area contributed by atoms with Gasteiger partial charge in [-0.3, -0.25) is 0 Å². The second-order valence-corrected chi connectivity index (χ2v) is 3.77. The van der Waals surface area contributed by atoms with E-state index in [9.17, 15) is 0 Å². The molecular formula is C11H15N3O. The van der Waals surface area contributed by atoms with E-state index in [1.165, 1.54) is 0 Å². The highest BCUT2D eigenvalue weighted by molar-refractivity contribution is 5.24. The summed E-state index contributed by atoms with van der Waals surface area (Å²) < 4.78 is 5.42. The number of hydrogen-bond acceptors (Lipinski definition) is 4. The number of aromatic nitrogens is 1. The zero-order valence-electron chi connectivity index (χ0n) is 9.03. The Balaban J connectivity index is 2.62. The quantitative estimate of drug-likeness (QED) is 0.807. The Morgan fingerprint density at radius 3 is 2.93 bits per heavy atom. The van der Waals surface area contributed by atoms with Crippen molar-refractivity contribution in [1.29, 1.82) is 5.26 Å². The van der Waals surface area contributed by atoms with E-state index in [0.717, 1.165) is 6.42 Å². The Morgan fingerprint density at radius 1 is 1.60 bits per heavy atom. The van der Waals surface area contributed by atoms with Gasteiger partial charge in [0.25, 0.3) is 0 Å². The Kier molecular flexibility index (Phi) is 3.64. The molecule has 0 amide bonds. The predicted octanol–water partition coefficient (Wildman–Crippen LogP) is 1.46. The second kappa shape index (κ2) is 4.76. The summed E-state index contributed by atoms with van der Waals surface area (Å²) >= 11 is 0. The topological polar surface area (TPSA) is 71.9 Å². The van der Waals surface area contributed by atoms with Crippen LogP contribution in [0.5, 0.6) is 5.88 Å². The summed E-state index contributed by atoms with van der Waals surface area (Å²) in [5, 5.41) is 8.64. The average molecular weight is 205 g/mol. The summed E-state index contributed by atoms with van der Waals surface area (Å²) in [7, 11) is 0. The molecule has 1 rings (SSSR count). The van der Waals surface area contributed by atoms with Crippen LogP contribution in [-0.2, 0) is 0 Å². The first kappa shape index (κ1) is 11.5. The van der Waals surface area contributed by atoms with Crippen LogP contribution in [0.25, 0.3) is 0 Å². The molecule has 1 aromatic rings.